The number of anilines is 1. The van der Waals surface area contributed by atoms with Gasteiger partial charge in [-0.15, -0.1) is 10.2 Å². The fourth-order valence-electron chi connectivity index (χ4n) is 2.96. The van der Waals surface area contributed by atoms with Crippen molar-refractivity contribution in [3.63, 3.8) is 0 Å². The SMILES string of the molecule is Cc1nn(-c2ccc(Oc3ccc(NC(=O)c4ccc(F)cc4)cc3)nn2)c(C)c1C. The Morgan fingerprint density at radius 1 is 0.935 bits per heavy atom. The highest BCUT2D eigenvalue weighted by molar-refractivity contribution is 6.04. The van der Waals surface area contributed by atoms with Gasteiger partial charge in [0.25, 0.3) is 5.91 Å². The molecule has 4 aromatic rings. The first kappa shape index (κ1) is 20.2. The minimum atomic E-state index is -0.390. The van der Waals surface area contributed by atoms with Gasteiger partial charge in [0.15, 0.2) is 5.82 Å². The smallest absolute Gasteiger partial charge is 0.255 e. The number of amides is 1. The molecule has 0 spiro atoms. The van der Waals surface area contributed by atoms with Crippen LogP contribution >= 0.6 is 0 Å². The van der Waals surface area contributed by atoms with E-state index in [4.69, 9.17) is 4.74 Å². The molecule has 2 aromatic heterocycles. The Labute approximate surface area is 178 Å². The number of hydrogen-bond acceptors (Lipinski definition) is 5. The van der Waals surface area contributed by atoms with Crippen molar-refractivity contribution in [1.82, 2.24) is 20.0 Å². The molecule has 0 saturated heterocycles. The van der Waals surface area contributed by atoms with Gasteiger partial charge in [-0.05, 0) is 80.9 Å². The van der Waals surface area contributed by atoms with E-state index < -0.39 is 0 Å². The van der Waals surface area contributed by atoms with E-state index in [0.29, 0.717) is 28.7 Å². The third-order valence-corrected chi connectivity index (χ3v) is 4.94. The number of carbonyl (C=O) groups is 1. The highest BCUT2D eigenvalue weighted by Crippen LogP contribution is 2.22. The van der Waals surface area contributed by atoms with Gasteiger partial charge in [-0.2, -0.15) is 5.10 Å². The molecular formula is C23H20FN5O2. The Kier molecular flexibility index (Phi) is 5.44. The number of benzene rings is 2. The monoisotopic (exact) mass is 417 g/mol. The van der Waals surface area contributed by atoms with Crippen molar-refractivity contribution >= 4 is 11.6 Å². The van der Waals surface area contributed by atoms with Crippen LogP contribution in [0.15, 0.2) is 60.7 Å². The second-order valence-electron chi connectivity index (χ2n) is 7.02. The molecule has 0 aliphatic carbocycles. The maximum Gasteiger partial charge on any atom is 0.255 e. The molecule has 0 aliphatic rings. The van der Waals surface area contributed by atoms with Crippen molar-refractivity contribution < 1.29 is 13.9 Å². The fraction of sp³-hybridized carbons (Fsp3) is 0.130. The van der Waals surface area contributed by atoms with Crippen molar-refractivity contribution in [1.29, 1.82) is 0 Å². The number of carbonyl (C=O) groups excluding carboxylic acids is 1. The van der Waals surface area contributed by atoms with Crippen LogP contribution in [-0.2, 0) is 0 Å². The molecule has 7 nitrogen and oxygen atoms in total. The molecule has 156 valence electrons. The first-order valence-corrected chi connectivity index (χ1v) is 9.62. The Morgan fingerprint density at radius 3 is 2.23 bits per heavy atom. The van der Waals surface area contributed by atoms with Crippen LogP contribution in [0.2, 0.25) is 0 Å². The van der Waals surface area contributed by atoms with Crippen molar-refractivity contribution in [3.8, 4) is 17.4 Å². The molecule has 31 heavy (non-hydrogen) atoms. The van der Waals surface area contributed by atoms with Crippen molar-refractivity contribution in [2.24, 2.45) is 0 Å². The Balaban J connectivity index is 1.41. The summed E-state index contributed by atoms with van der Waals surface area (Å²) < 4.78 is 20.5. The van der Waals surface area contributed by atoms with Gasteiger partial charge in [-0.1, -0.05) is 0 Å². The molecule has 1 N–H and O–H groups in total. The lowest BCUT2D eigenvalue weighted by Gasteiger charge is -2.08. The highest BCUT2D eigenvalue weighted by atomic mass is 19.1. The summed E-state index contributed by atoms with van der Waals surface area (Å²) in [7, 11) is 0. The third kappa shape index (κ3) is 4.42. The lowest BCUT2D eigenvalue weighted by atomic mass is 10.2. The fourth-order valence-corrected chi connectivity index (χ4v) is 2.96. The first-order valence-electron chi connectivity index (χ1n) is 9.62. The molecule has 0 radical (unpaired) electrons. The number of hydrogen-bond donors (Lipinski definition) is 1. The Bertz CT molecular complexity index is 1220. The molecule has 2 heterocycles. The third-order valence-electron chi connectivity index (χ3n) is 4.94. The zero-order valence-electron chi connectivity index (χ0n) is 17.3. The van der Waals surface area contributed by atoms with Gasteiger partial charge in [-0.25, -0.2) is 9.07 Å². The summed E-state index contributed by atoms with van der Waals surface area (Å²) in [5.74, 6) is 0.780. The molecule has 0 saturated carbocycles. The number of ether oxygens (including phenoxy) is 1. The summed E-state index contributed by atoms with van der Waals surface area (Å²) in [6, 6.07) is 15.7. The van der Waals surface area contributed by atoms with Crippen molar-refractivity contribution in [3.05, 3.63) is 89.0 Å². The summed E-state index contributed by atoms with van der Waals surface area (Å²) >= 11 is 0. The van der Waals surface area contributed by atoms with E-state index in [1.54, 1.807) is 41.1 Å². The topological polar surface area (TPSA) is 81.9 Å². The van der Waals surface area contributed by atoms with E-state index in [1.807, 2.05) is 20.8 Å². The molecule has 2 aromatic carbocycles. The number of aryl methyl sites for hydroxylation is 1. The quantitative estimate of drug-likeness (QED) is 0.506. The zero-order valence-corrected chi connectivity index (χ0v) is 17.3. The van der Waals surface area contributed by atoms with Crippen LogP contribution in [0.1, 0.15) is 27.3 Å². The van der Waals surface area contributed by atoms with Gasteiger partial charge in [0.2, 0.25) is 5.88 Å². The van der Waals surface area contributed by atoms with Crippen LogP contribution < -0.4 is 10.1 Å². The molecule has 0 aliphatic heterocycles. The van der Waals surface area contributed by atoms with Crippen LogP contribution in [-0.4, -0.2) is 25.9 Å². The Morgan fingerprint density at radius 2 is 1.65 bits per heavy atom. The average molecular weight is 417 g/mol. The van der Waals surface area contributed by atoms with Gasteiger partial charge in [0.1, 0.15) is 11.6 Å². The summed E-state index contributed by atoms with van der Waals surface area (Å²) in [5, 5.41) is 15.5. The van der Waals surface area contributed by atoms with Crippen LogP contribution in [0.5, 0.6) is 11.6 Å². The number of aromatic nitrogens is 4. The number of halogens is 1. The van der Waals surface area contributed by atoms with E-state index in [0.717, 1.165) is 17.0 Å². The second kappa shape index (κ2) is 8.35. The number of rotatable bonds is 5. The Hall–Kier alpha value is -4.07. The van der Waals surface area contributed by atoms with Crippen LogP contribution in [0.4, 0.5) is 10.1 Å². The first-order chi connectivity index (χ1) is 14.9. The van der Waals surface area contributed by atoms with Crippen molar-refractivity contribution in [2.75, 3.05) is 5.32 Å². The molecular weight excluding hydrogens is 397 g/mol. The van der Waals surface area contributed by atoms with E-state index in [1.165, 1.54) is 24.3 Å². The lowest BCUT2D eigenvalue weighted by Crippen LogP contribution is -2.11. The largest absolute Gasteiger partial charge is 0.438 e. The molecule has 0 bridgehead atoms. The predicted molar refractivity (Wildman–Crippen MR) is 114 cm³/mol. The van der Waals surface area contributed by atoms with E-state index in [-0.39, 0.29) is 11.7 Å². The van der Waals surface area contributed by atoms with E-state index >= 15 is 0 Å². The summed E-state index contributed by atoms with van der Waals surface area (Å²) in [5.41, 5.74) is 4.04. The van der Waals surface area contributed by atoms with Crippen LogP contribution in [0.3, 0.4) is 0 Å². The van der Waals surface area contributed by atoms with Crippen molar-refractivity contribution in [2.45, 2.75) is 20.8 Å². The zero-order chi connectivity index (χ0) is 22.0. The van der Waals surface area contributed by atoms with Gasteiger partial charge in [0.05, 0.1) is 5.69 Å². The van der Waals surface area contributed by atoms with E-state index in [9.17, 15) is 9.18 Å². The second-order valence-corrected chi connectivity index (χ2v) is 7.02. The summed E-state index contributed by atoms with van der Waals surface area (Å²) in [6.07, 6.45) is 0. The summed E-state index contributed by atoms with van der Waals surface area (Å²) in [6.45, 7) is 5.96. The minimum Gasteiger partial charge on any atom is -0.438 e. The summed E-state index contributed by atoms with van der Waals surface area (Å²) in [4.78, 5) is 12.2. The number of nitrogens with one attached hydrogen (secondary N) is 1. The minimum absolute atomic E-state index is 0.325. The van der Waals surface area contributed by atoms with Crippen LogP contribution in [0.25, 0.3) is 5.82 Å². The molecule has 0 unspecified atom stereocenters. The van der Waals surface area contributed by atoms with Gasteiger partial charge in [-0.3, -0.25) is 4.79 Å². The predicted octanol–water partition coefficient (Wildman–Crippen LogP) is 4.77. The average Bonchev–Trinajstić information content (AvgIpc) is 3.03. The maximum atomic E-state index is 13.0. The molecule has 0 atom stereocenters. The van der Waals surface area contributed by atoms with Gasteiger partial charge in [0, 0.05) is 23.0 Å². The van der Waals surface area contributed by atoms with Gasteiger partial charge < -0.3 is 10.1 Å². The highest BCUT2D eigenvalue weighted by Gasteiger charge is 2.11. The molecule has 4 rings (SSSR count). The lowest BCUT2D eigenvalue weighted by molar-refractivity contribution is 0.102. The molecule has 0 fully saturated rings. The maximum absolute atomic E-state index is 13.0. The van der Waals surface area contributed by atoms with E-state index in [2.05, 4.69) is 20.6 Å². The molecule has 1 amide bonds. The molecule has 8 heteroatoms. The standard InChI is InChI=1S/C23H20FN5O2/c1-14-15(2)28-29(16(14)3)21-12-13-22(27-26-21)31-20-10-8-19(9-11-20)25-23(30)17-4-6-18(24)7-5-17/h4-13H,1-3H3,(H,25,30). The van der Waals surface area contributed by atoms with Gasteiger partial charge >= 0.3 is 0 Å². The normalized spacial score (nSPS) is 10.7. The number of nitrogens with zero attached hydrogens (tertiary/aromatic N) is 4. The van der Waals surface area contributed by atoms with Crippen LogP contribution in [0, 0.1) is 26.6 Å².